The molecule has 5 aliphatic rings. The first-order valence-corrected chi connectivity index (χ1v) is 12.6. The van der Waals surface area contributed by atoms with Crippen molar-refractivity contribution in [1.82, 2.24) is 9.80 Å². The number of ether oxygens (including phenoxy) is 2. The fourth-order valence-electron chi connectivity index (χ4n) is 7.89. The van der Waals surface area contributed by atoms with Crippen LogP contribution in [0.25, 0.3) is 0 Å². The van der Waals surface area contributed by atoms with Gasteiger partial charge in [0, 0.05) is 37.7 Å². The van der Waals surface area contributed by atoms with Crippen LogP contribution in [0.4, 0.5) is 10.5 Å². The molecule has 7 heteroatoms. The highest BCUT2D eigenvalue weighted by Gasteiger charge is 2.75. The average Bonchev–Trinajstić information content (AvgIpc) is 3.09. The first-order chi connectivity index (χ1) is 16.0. The van der Waals surface area contributed by atoms with E-state index in [1.54, 1.807) is 14.0 Å². The van der Waals surface area contributed by atoms with Crippen molar-refractivity contribution in [1.29, 1.82) is 0 Å². The highest BCUT2D eigenvalue weighted by atomic mass is 16.6. The Kier molecular flexibility index (Phi) is 5.00. The van der Waals surface area contributed by atoms with Crippen molar-refractivity contribution in [2.24, 2.45) is 5.92 Å². The van der Waals surface area contributed by atoms with Crippen molar-refractivity contribution >= 4 is 17.7 Å². The van der Waals surface area contributed by atoms with Gasteiger partial charge in [0.1, 0.15) is 6.61 Å². The van der Waals surface area contributed by atoms with Crippen LogP contribution in [-0.4, -0.2) is 79.4 Å². The molecule has 178 valence electrons. The standard InChI is InChI=1S/C26H35N3O4/c1-18(30)28-17-25(21-5-3-4-6-22(21)28)9-11-27(12-10-25)20-15-19-7-8-23-26(19,16-20)29(23)24(31)33-14-13-32-2/h3-6,19-20,23H,7-17H2,1-2H3. The Labute approximate surface area is 196 Å². The van der Waals surface area contributed by atoms with E-state index < -0.39 is 0 Å². The van der Waals surface area contributed by atoms with Gasteiger partial charge in [0.05, 0.1) is 18.2 Å². The number of piperidine rings is 2. The molecule has 0 aromatic heterocycles. The molecular formula is C26H35N3O4. The highest BCUT2D eigenvalue weighted by Crippen LogP contribution is 2.65. The van der Waals surface area contributed by atoms with Gasteiger partial charge in [-0.1, -0.05) is 18.2 Å². The van der Waals surface area contributed by atoms with Gasteiger partial charge in [0.25, 0.3) is 0 Å². The topological polar surface area (TPSA) is 62.1 Å². The first kappa shape index (κ1) is 21.4. The minimum atomic E-state index is -0.146. The Balaban J connectivity index is 1.12. The van der Waals surface area contributed by atoms with Crippen molar-refractivity contribution < 1.29 is 19.1 Å². The zero-order valence-corrected chi connectivity index (χ0v) is 19.8. The molecule has 0 bridgehead atoms. The van der Waals surface area contributed by atoms with E-state index >= 15 is 0 Å². The lowest BCUT2D eigenvalue weighted by molar-refractivity contribution is -0.116. The normalized spacial score (nSPS) is 33.7. The van der Waals surface area contributed by atoms with Crippen LogP contribution in [0.15, 0.2) is 24.3 Å². The predicted octanol–water partition coefficient (Wildman–Crippen LogP) is 3.17. The van der Waals surface area contributed by atoms with Gasteiger partial charge in [-0.2, -0.15) is 0 Å². The van der Waals surface area contributed by atoms with Crippen LogP contribution in [0.2, 0.25) is 0 Å². The second kappa shape index (κ2) is 7.70. The molecule has 2 saturated carbocycles. The zero-order valence-electron chi connectivity index (χ0n) is 19.8. The molecule has 1 aromatic carbocycles. The minimum Gasteiger partial charge on any atom is -0.447 e. The lowest BCUT2D eigenvalue weighted by Gasteiger charge is -2.42. The van der Waals surface area contributed by atoms with Crippen LogP contribution in [0, 0.1) is 5.92 Å². The predicted molar refractivity (Wildman–Crippen MR) is 124 cm³/mol. The molecule has 3 heterocycles. The maximum atomic E-state index is 12.7. The van der Waals surface area contributed by atoms with Crippen LogP contribution < -0.4 is 4.90 Å². The molecule has 2 aliphatic carbocycles. The first-order valence-electron chi connectivity index (χ1n) is 12.6. The summed E-state index contributed by atoms with van der Waals surface area (Å²) in [5.74, 6) is 0.750. The van der Waals surface area contributed by atoms with Gasteiger partial charge < -0.3 is 19.3 Å². The van der Waals surface area contributed by atoms with Gasteiger partial charge in [-0.05, 0) is 69.2 Å². The second-order valence-electron chi connectivity index (χ2n) is 10.8. The Morgan fingerprint density at radius 1 is 1.12 bits per heavy atom. The maximum absolute atomic E-state index is 12.7. The number of para-hydroxylation sites is 1. The summed E-state index contributed by atoms with van der Waals surface area (Å²) in [6.45, 7) is 5.40. The van der Waals surface area contributed by atoms with Crippen LogP contribution in [0.5, 0.6) is 0 Å². The Morgan fingerprint density at radius 2 is 1.91 bits per heavy atom. The van der Waals surface area contributed by atoms with E-state index in [1.165, 1.54) is 18.4 Å². The minimum absolute atomic E-state index is 0.0509. The van der Waals surface area contributed by atoms with Crippen molar-refractivity contribution in [3.8, 4) is 0 Å². The number of carbonyl (C=O) groups excluding carboxylic acids is 2. The van der Waals surface area contributed by atoms with Gasteiger partial charge in [-0.3, -0.25) is 9.69 Å². The average molecular weight is 454 g/mol. The number of fused-ring (bicyclic) bond motifs is 2. The lowest BCUT2D eigenvalue weighted by atomic mass is 9.74. The van der Waals surface area contributed by atoms with E-state index in [1.807, 2.05) is 11.0 Å². The molecule has 2 saturated heterocycles. The third kappa shape index (κ3) is 3.08. The maximum Gasteiger partial charge on any atom is 0.410 e. The number of carbonyl (C=O) groups is 2. The molecule has 7 nitrogen and oxygen atoms in total. The van der Waals surface area contributed by atoms with Crippen LogP contribution >= 0.6 is 0 Å². The summed E-state index contributed by atoms with van der Waals surface area (Å²) in [6, 6.07) is 9.41. The third-order valence-corrected chi connectivity index (χ3v) is 9.47. The molecule has 0 radical (unpaired) electrons. The van der Waals surface area contributed by atoms with Gasteiger partial charge in [-0.15, -0.1) is 0 Å². The van der Waals surface area contributed by atoms with E-state index in [9.17, 15) is 9.59 Å². The van der Waals surface area contributed by atoms with Crippen LogP contribution in [0.3, 0.4) is 0 Å². The Hall–Kier alpha value is -2.12. The molecule has 0 N–H and O–H groups in total. The number of likely N-dealkylation sites (tertiary alicyclic amines) is 2. The van der Waals surface area contributed by atoms with E-state index in [4.69, 9.17) is 9.47 Å². The van der Waals surface area contributed by atoms with Crippen LogP contribution in [0.1, 0.15) is 51.0 Å². The quantitative estimate of drug-likeness (QED) is 0.518. The molecule has 2 spiro atoms. The monoisotopic (exact) mass is 453 g/mol. The smallest absolute Gasteiger partial charge is 0.410 e. The molecule has 33 heavy (non-hydrogen) atoms. The molecule has 3 aliphatic heterocycles. The van der Waals surface area contributed by atoms with Crippen molar-refractivity contribution in [2.75, 3.05) is 44.9 Å². The summed E-state index contributed by atoms with van der Waals surface area (Å²) >= 11 is 0. The number of hydrogen-bond donors (Lipinski definition) is 0. The van der Waals surface area contributed by atoms with Crippen molar-refractivity contribution in [3.63, 3.8) is 0 Å². The summed E-state index contributed by atoms with van der Waals surface area (Å²) in [5, 5.41) is 0. The van der Waals surface area contributed by atoms with E-state index in [0.29, 0.717) is 31.2 Å². The number of amides is 2. The molecule has 6 rings (SSSR count). The number of rotatable bonds is 4. The van der Waals surface area contributed by atoms with Gasteiger partial charge in [0.2, 0.25) is 5.91 Å². The molecule has 4 atom stereocenters. The molecule has 1 aromatic rings. The van der Waals surface area contributed by atoms with Crippen molar-refractivity contribution in [3.05, 3.63) is 29.8 Å². The summed E-state index contributed by atoms with van der Waals surface area (Å²) < 4.78 is 10.5. The lowest BCUT2D eigenvalue weighted by Crippen LogP contribution is -2.48. The Morgan fingerprint density at radius 3 is 2.67 bits per heavy atom. The van der Waals surface area contributed by atoms with Gasteiger partial charge in [-0.25, -0.2) is 4.79 Å². The summed E-state index contributed by atoms with van der Waals surface area (Å²) in [4.78, 5) is 31.7. The van der Waals surface area contributed by atoms with Gasteiger partial charge >= 0.3 is 6.09 Å². The summed E-state index contributed by atoms with van der Waals surface area (Å²) in [7, 11) is 1.63. The van der Waals surface area contributed by atoms with Crippen LogP contribution in [-0.2, 0) is 19.7 Å². The largest absolute Gasteiger partial charge is 0.447 e. The molecule has 2 amide bonds. The molecule has 4 unspecified atom stereocenters. The number of nitrogens with zero attached hydrogens (tertiary/aromatic N) is 3. The second-order valence-corrected chi connectivity index (χ2v) is 10.8. The third-order valence-electron chi connectivity index (χ3n) is 9.47. The van der Waals surface area contributed by atoms with Crippen molar-refractivity contribution in [2.45, 2.75) is 68.5 Å². The fourth-order valence-corrected chi connectivity index (χ4v) is 7.89. The number of benzene rings is 1. The molecular weight excluding hydrogens is 418 g/mol. The highest BCUT2D eigenvalue weighted by molar-refractivity contribution is 5.94. The zero-order chi connectivity index (χ0) is 22.8. The number of anilines is 1. The van der Waals surface area contributed by atoms with E-state index in [0.717, 1.165) is 51.0 Å². The van der Waals surface area contributed by atoms with E-state index in [2.05, 4.69) is 28.0 Å². The van der Waals surface area contributed by atoms with Gasteiger partial charge in [0.15, 0.2) is 0 Å². The summed E-state index contributed by atoms with van der Waals surface area (Å²) in [5.41, 5.74) is 2.60. The summed E-state index contributed by atoms with van der Waals surface area (Å²) in [6.07, 6.45) is 6.68. The molecule has 4 fully saturated rings. The number of hydrogen-bond acceptors (Lipinski definition) is 5. The number of methoxy groups -OCH3 is 1. The van der Waals surface area contributed by atoms with E-state index in [-0.39, 0.29) is 23.0 Å². The Bertz CT molecular complexity index is 959. The SMILES string of the molecule is COCCOC(=O)N1C2CCC3CC(N4CCC5(CC4)CN(C(C)=O)c4ccccc45)CC321. The fraction of sp³-hybridized carbons (Fsp3) is 0.692.